The van der Waals surface area contributed by atoms with Gasteiger partial charge in [0.2, 0.25) is 0 Å². The van der Waals surface area contributed by atoms with Gasteiger partial charge in [-0.2, -0.15) is 8.42 Å². The summed E-state index contributed by atoms with van der Waals surface area (Å²) in [4.78, 5) is -0.320. The highest BCUT2D eigenvalue weighted by molar-refractivity contribution is 7.86. The van der Waals surface area contributed by atoms with Gasteiger partial charge in [0, 0.05) is 6.07 Å². The maximum absolute atomic E-state index is 11.7. The Morgan fingerprint density at radius 1 is 0.731 bits per heavy atom. The Labute approximate surface area is 152 Å². The Morgan fingerprint density at radius 2 is 1.27 bits per heavy atom. The van der Waals surface area contributed by atoms with Crippen LogP contribution in [0.3, 0.4) is 0 Å². The lowest BCUT2D eigenvalue weighted by molar-refractivity contribution is 0.288. The van der Waals surface area contributed by atoms with Crippen LogP contribution in [0.15, 0.2) is 83.8 Å². The Kier molecular flexibility index (Phi) is 5.55. The van der Waals surface area contributed by atoms with Crippen LogP contribution in [0.1, 0.15) is 11.1 Å². The van der Waals surface area contributed by atoms with Gasteiger partial charge >= 0.3 is 0 Å². The largest absolute Gasteiger partial charge is 0.489 e. The van der Waals surface area contributed by atoms with Crippen molar-refractivity contribution in [1.82, 2.24) is 0 Å². The Morgan fingerprint density at radius 3 is 1.81 bits per heavy atom. The predicted molar refractivity (Wildman–Crippen MR) is 97.8 cm³/mol. The number of hydrogen-bond donors (Lipinski definition) is 1. The highest BCUT2D eigenvalue weighted by atomic mass is 32.2. The fourth-order valence-corrected chi connectivity index (χ4v) is 3.02. The summed E-state index contributed by atoms with van der Waals surface area (Å²) in [6.07, 6.45) is 0. The summed E-state index contributed by atoms with van der Waals surface area (Å²) in [5.74, 6) is 0.400. The molecule has 0 amide bonds. The highest BCUT2D eigenvalue weighted by Gasteiger charge is 2.18. The second-order valence-electron chi connectivity index (χ2n) is 5.63. The summed E-state index contributed by atoms with van der Waals surface area (Å²) in [7, 11) is -4.45. The van der Waals surface area contributed by atoms with Gasteiger partial charge in [-0.05, 0) is 23.3 Å². The summed E-state index contributed by atoms with van der Waals surface area (Å²) >= 11 is 0. The third kappa shape index (κ3) is 4.84. The van der Waals surface area contributed by atoms with Crippen molar-refractivity contribution in [2.45, 2.75) is 18.1 Å². The molecule has 26 heavy (non-hydrogen) atoms. The lowest BCUT2D eigenvalue weighted by atomic mass is 10.2. The SMILES string of the molecule is O=S(=O)(O)c1cc(OCc2ccccc2)ccc1OCc1ccccc1. The zero-order valence-electron chi connectivity index (χ0n) is 13.9. The van der Waals surface area contributed by atoms with Crippen LogP contribution in [0.4, 0.5) is 0 Å². The third-order valence-corrected chi connectivity index (χ3v) is 4.55. The minimum atomic E-state index is -4.45. The second-order valence-corrected chi connectivity index (χ2v) is 7.02. The van der Waals surface area contributed by atoms with E-state index < -0.39 is 10.1 Å². The molecule has 0 fully saturated rings. The molecular formula is C20H18O5S. The minimum Gasteiger partial charge on any atom is -0.489 e. The fourth-order valence-electron chi connectivity index (χ4n) is 2.38. The van der Waals surface area contributed by atoms with Gasteiger partial charge in [0.25, 0.3) is 10.1 Å². The highest BCUT2D eigenvalue weighted by Crippen LogP contribution is 2.29. The van der Waals surface area contributed by atoms with E-state index in [1.165, 1.54) is 12.1 Å². The van der Waals surface area contributed by atoms with Crippen LogP contribution in [0.5, 0.6) is 11.5 Å². The molecule has 3 rings (SSSR count). The van der Waals surface area contributed by atoms with Crippen molar-refractivity contribution in [3.8, 4) is 11.5 Å². The number of rotatable bonds is 7. The maximum atomic E-state index is 11.7. The molecule has 0 unspecified atom stereocenters. The van der Waals surface area contributed by atoms with Crippen molar-refractivity contribution >= 4 is 10.1 Å². The molecule has 0 bridgehead atoms. The monoisotopic (exact) mass is 370 g/mol. The summed E-state index contributed by atoms with van der Waals surface area (Å²) in [5.41, 5.74) is 1.84. The molecule has 0 aliphatic heterocycles. The standard InChI is InChI=1S/C20H18O5S/c21-26(22,23)20-13-18(24-14-16-7-3-1-4-8-16)11-12-19(20)25-15-17-9-5-2-6-10-17/h1-13H,14-15H2,(H,21,22,23). The average Bonchev–Trinajstić information content (AvgIpc) is 2.66. The van der Waals surface area contributed by atoms with E-state index in [4.69, 9.17) is 9.47 Å². The van der Waals surface area contributed by atoms with Gasteiger partial charge in [-0.15, -0.1) is 0 Å². The second kappa shape index (κ2) is 8.03. The van der Waals surface area contributed by atoms with Crippen LogP contribution in [-0.2, 0) is 23.3 Å². The molecular weight excluding hydrogens is 352 g/mol. The molecule has 0 atom stereocenters. The Hall–Kier alpha value is -2.83. The molecule has 1 N–H and O–H groups in total. The zero-order valence-corrected chi connectivity index (χ0v) is 14.7. The van der Waals surface area contributed by atoms with E-state index in [9.17, 15) is 13.0 Å². The lowest BCUT2D eigenvalue weighted by Gasteiger charge is -2.12. The van der Waals surface area contributed by atoms with E-state index in [1.807, 2.05) is 60.7 Å². The molecule has 0 radical (unpaired) electrons. The van der Waals surface area contributed by atoms with Gasteiger partial charge in [0.1, 0.15) is 29.6 Å². The lowest BCUT2D eigenvalue weighted by Crippen LogP contribution is -2.05. The first kappa shape index (κ1) is 18.0. The van der Waals surface area contributed by atoms with Crippen molar-refractivity contribution in [2.24, 2.45) is 0 Å². The fraction of sp³-hybridized carbons (Fsp3) is 0.100. The van der Waals surface area contributed by atoms with E-state index in [0.29, 0.717) is 5.75 Å². The Balaban J connectivity index is 1.77. The van der Waals surface area contributed by atoms with Gasteiger partial charge < -0.3 is 9.47 Å². The maximum Gasteiger partial charge on any atom is 0.298 e. The summed E-state index contributed by atoms with van der Waals surface area (Å²) in [6, 6.07) is 23.2. The van der Waals surface area contributed by atoms with Crippen molar-refractivity contribution in [3.05, 3.63) is 90.0 Å². The van der Waals surface area contributed by atoms with E-state index in [1.54, 1.807) is 6.07 Å². The quantitative estimate of drug-likeness (QED) is 0.634. The van der Waals surface area contributed by atoms with Gasteiger partial charge in [0.15, 0.2) is 0 Å². The molecule has 3 aromatic rings. The average molecular weight is 370 g/mol. The molecule has 0 aliphatic rings. The van der Waals surface area contributed by atoms with Crippen molar-refractivity contribution in [1.29, 1.82) is 0 Å². The van der Waals surface area contributed by atoms with Gasteiger partial charge in [-0.1, -0.05) is 60.7 Å². The van der Waals surface area contributed by atoms with Crippen molar-refractivity contribution in [2.75, 3.05) is 0 Å². The van der Waals surface area contributed by atoms with Crippen LogP contribution >= 0.6 is 0 Å². The Bertz CT molecular complexity index is 954. The number of ether oxygens (including phenoxy) is 2. The topological polar surface area (TPSA) is 72.8 Å². The van der Waals surface area contributed by atoms with E-state index in [-0.39, 0.29) is 23.9 Å². The zero-order chi connectivity index (χ0) is 18.4. The van der Waals surface area contributed by atoms with E-state index >= 15 is 0 Å². The van der Waals surface area contributed by atoms with Crippen LogP contribution < -0.4 is 9.47 Å². The first-order chi connectivity index (χ1) is 12.5. The summed E-state index contributed by atoms with van der Waals surface area (Å²) in [5, 5.41) is 0. The molecule has 0 saturated carbocycles. The first-order valence-electron chi connectivity index (χ1n) is 7.97. The van der Waals surface area contributed by atoms with Crippen LogP contribution in [0.2, 0.25) is 0 Å². The van der Waals surface area contributed by atoms with E-state index in [2.05, 4.69) is 0 Å². The molecule has 0 heterocycles. The normalized spacial score (nSPS) is 11.1. The van der Waals surface area contributed by atoms with Crippen LogP contribution in [0.25, 0.3) is 0 Å². The molecule has 134 valence electrons. The van der Waals surface area contributed by atoms with Gasteiger partial charge in [0.05, 0.1) is 0 Å². The van der Waals surface area contributed by atoms with Gasteiger partial charge in [-0.3, -0.25) is 4.55 Å². The predicted octanol–water partition coefficient (Wildman–Crippen LogP) is 4.09. The number of benzene rings is 3. The first-order valence-corrected chi connectivity index (χ1v) is 9.41. The van der Waals surface area contributed by atoms with Gasteiger partial charge in [-0.25, -0.2) is 0 Å². The van der Waals surface area contributed by atoms with E-state index in [0.717, 1.165) is 11.1 Å². The molecule has 0 saturated heterocycles. The van der Waals surface area contributed by atoms with Crippen molar-refractivity contribution in [3.63, 3.8) is 0 Å². The third-order valence-electron chi connectivity index (χ3n) is 3.68. The smallest absolute Gasteiger partial charge is 0.298 e. The van der Waals surface area contributed by atoms with Crippen LogP contribution in [-0.4, -0.2) is 13.0 Å². The summed E-state index contributed by atoms with van der Waals surface area (Å²) in [6.45, 7) is 0.476. The molecule has 0 spiro atoms. The number of hydrogen-bond acceptors (Lipinski definition) is 4. The minimum absolute atomic E-state index is 0.0726. The molecule has 3 aromatic carbocycles. The molecule has 0 aliphatic carbocycles. The van der Waals surface area contributed by atoms with Crippen molar-refractivity contribution < 1.29 is 22.4 Å². The molecule has 5 nitrogen and oxygen atoms in total. The van der Waals surface area contributed by atoms with Crippen LogP contribution in [0, 0.1) is 0 Å². The summed E-state index contributed by atoms with van der Waals surface area (Å²) < 4.78 is 44.1. The molecule has 6 heteroatoms. The molecule has 0 aromatic heterocycles.